The van der Waals surface area contributed by atoms with Crippen molar-refractivity contribution in [2.24, 2.45) is 11.8 Å². The maximum Gasteiger partial charge on any atom is 0.313 e. The third kappa shape index (κ3) is 5.49. The number of nitrogens with one attached hydrogen (secondary N) is 1. The smallest absolute Gasteiger partial charge is 0.313 e. The van der Waals surface area contributed by atoms with Gasteiger partial charge in [0, 0.05) is 26.1 Å². The zero-order chi connectivity index (χ0) is 29.9. The highest BCUT2D eigenvalue weighted by Gasteiger charge is 2.73. The number of esters is 1. The van der Waals surface area contributed by atoms with Crippen molar-refractivity contribution in [3.8, 4) is 0 Å². The van der Waals surface area contributed by atoms with E-state index in [-0.39, 0.29) is 31.4 Å². The molecule has 5 bridgehead atoms. The minimum atomic E-state index is -1.33. The topological polar surface area (TPSA) is 125 Å². The lowest BCUT2D eigenvalue weighted by Crippen LogP contribution is -2.56. The van der Waals surface area contributed by atoms with Crippen LogP contribution in [0.2, 0.25) is 0 Å². The zero-order valence-corrected chi connectivity index (χ0v) is 24.3. The number of nitrogens with zero attached hydrogens (tertiary/aromatic N) is 2. The average molecular weight is 580 g/mol. The third-order valence-electron chi connectivity index (χ3n) is 8.81. The minimum absolute atomic E-state index is 0.0501. The first-order valence-electron chi connectivity index (χ1n) is 15.1. The Hall–Kier alpha value is -3.50. The van der Waals surface area contributed by atoms with Crippen molar-refractivity contribution in [2.45, 2.75) is 75.8 Å². The van der Waals surface area contributed by atoms with E-state index in [4.69, 9.17) is 9.47 Å². The van der Waals surface area contributed by atoms with Crippen LogP contribution in [0.15, 0.2) is 54.6 Å². The second kappa shape index (κ2) is 12.8. The molecule has 1 aromatic carbocycles. The maximum atomic E-state index is 14.3. The molecule has 0 aliphatic carbocycles. The lowest BCUT2D eigenvalue weighted by molar-refractivity contribution is -0.161. The fourth-order valence-electron chi connectivity index (χ4n) is 6.82. The van der Waals surface area contributed by atoms with E-state index in [9.17, 15) is 24.3 Å². The summed E-state index contributed by atoms with van der Waals surface area (Å²) in [5.74, 6) is -3.42. The zero-order valence-electron chi connectivity index (χ0n) is 24.3. The molecule has 2 saturated heterocycles. The van der Waals surface area contributed by atoms with Gasteiger partial charge in [-0.1, -0.05) is 74.4 Å². The molecule has 0 saturated carbocycles. The van der Waals surface area contributed by atoms with Crippen LogP contribution in [0.25, 0.3) is 0 Å². The van der Waals surface area contributed by atoms with Gasteiger partial charge in [-0.15, -0.1) is 0 Å². The van der Waals surface area contributed by atoms with Crippen LogP contribution in [0.4, 0.5) is 0 Å². The Kier molecular flexibility index (Phi) is 9.13. The second-order valence-corrected chi connectivity index (χ2v) is 11.6. The Labute approximate surface area is 246 Å². The van der Waals surface area contributed by atoms with E-state index in [1.54, 1.807) is 24.0 Å². The van der Waals surface area contributed by atoms with E-state index < -0.39 is 53.6 Å². The lowest BCUT2D eigenvalue weighted by Gasteiger charge is -2.35. The van der Waals surface area contributed by atoms with Crippen LogP contribution >= 0.6 is 0 Å². The molecule has 0 unspecified atom stereocenters. The summed E-state index contributed by atoms with van der Waals surface area (Å²) < 4.78 is 12.5. The van der Waals surface area contributed by atoms with E-state index in [0.29, 0.717) is 25.1 Å². The summed E-state index contributed by atoms with van der Waals surface area (Å²) in [5.41, 5.74) is -0.623. The van der Waals surface area contributed by atoms with Crippen molar-refractivity contribution in [3.63, 3.8) is 0 Å². The first-order valence-corrected chi connectivity index (χ1v) is 15.1. The van der Waals surface area contributed by atoms with E-state index in [2.05, 4.69) is 12.2 Å². The van der Waals surface area contributed by atoms with Crippen LogP contribution in [-0.4, -0.2) is 88.6 Å². The second-order valence-electron chi connectivity index (χ2n) is 11.6. The van der Waals surface area contributed by atoms with Gasteiger partial charge in [0.05, 0.1) is 24.7 Å². The Morgan fingerprint density at radius 3 is 2.57 bits per heavy atom. The average Bonchev–Trinajstić information content (AvgIpc) is 3.62. The maximum absolute atomic E-state index is 14.3. The molecule has 4 heterocycles. The number of carbonyl (C=O) groups is 4. The molecule has 42 heavy (non-hydrogen) atoms. The van der Waals surface area contributed by atoms with Gasteiger partial charge in [-0.25, -0.2) is 0 Å². The van der Waals surface area contributed by atoms with Gasteiger partial charge < -0.3 is 29.7 Å². The van der Waals surface area contributed by atoms with Gasteiger partial charge in [0.2, 0.25) is 17.7 Å². The highest BCUT2D eigenvalue weighted by atomic mass is 16.6. The van der Waals surface area contributed by atoms with Gasteiger partial charge in [-0.3, -0.25) is 19.2 Å². The Bertz CT molecular complexity index is 1230. The van der Waals surface area contributed by atoms with Gasteiger partial charge in [-0.05, 0) is 25.3 Å². The molecule has 10 heteroatoms. The number of ether oxygens (including phenoxy) is 2. The van der Waals surface area contributed by atoms with E-state index in [1.165, 1.54) is 4.90 Å². The molecule has 226 valence electrons. The largest absolute Gasteiger partial charge is 0.455 e. The number of likely N-dealkylation sites (tertiary alicyclic amines) is 1. The molecule has 5 rings (SSSR count). The fourth-order valence-corrected chi connectivity index (χ4v) is 6.82. The number of aliphatic hydroxyl groups excluding tert-OH is 1. The molecule has 0 radical (unpaired) electrons. The summed E-state index contributed by atoms with van der Waals surface area (Å²) in [6, 6.07) is 7.62. The highest BCUT2D eigenvalue weighted by molar-refractivity contribution is 5.99. The van der Waals surface area contributed by atoms with E-state index >= 15 is 0 Å². The predicted octanol–water partition coefficient (Wildman–Crippen LogP) is 2.29. The molecule has 3 amide bonds. The summed E-state index contributed by atoms with van der Waals surface area (Å²) in [7, 11) is 0. The van der Waals surface area contributed by atoms with Gasteiger partial charge in [-0.2, -0.15) is 0 Å². The van der Waals surface area contributed by atoms with Crippen molar-refractivity contribution in [1.82, 2.24) is 15.1 Å². The fraction of sp³-hybridized carbons (Fsp3) is 0.562. The van der Waals surface area contributed by atoms with Crippen LogP contribution in [-0.2, 0) is 28.7 Å². The number of cyclic esters (lactones) is 1. The number of β-amino-alcohol motifs (C(OH)–C–C–N with tert-alkyl or cyclic N) is 1. The Morgan fingerprint density at radius 1 is 1.05 bits per heavy atom. The molecule has 1 spiro atoms. The first-order chi connectivity index (χ1) is 20.3. The number of rotatable bonds is 7. The molecule has 0 aromatic heterocycles. The number of amides is 3. The molecule has 2 fully saturated rings. The number of unbranched alkanes of at least 4 members (excludes halogenated alkanes) is 2. The predicted molar refractivity (Wildman–Crippen MR) is 154 cm³/mol. The number of hydrogen-bond acceptors (Lipinski definition) is 7. The SMILES string of the molecule is CCCCCN1C/C=C\CCC(=O)N[C@H](C)[C@@H](c2ccccc2)OC(=O)[C@@H]2[C@@H]3C=C[C@]4(O3)[C@H](C1=O)N(CCO)C(=O)[C@@H]24. The number of fused-ring (bicyclic) bond motifs is 2. The molecule has 1 aromatic rings. The number of aliphatic hydroxyl groups is 1. The quantitative estimate of drug-likeness (QED) is 0.289. The molecular weight excluding hydrogens is 538 g/mol. The normalized spacial score (nSPS) is 34.0. The summed E-state index contributed by atoms with van der Waals surface area (Å²) in [4.78, 5) is 58.1. The van der Waals surface area contributed by atoms with E-state index in [1.807, 2.05) is 42.5 Å². The summed E-state index contributed by atoms with van der Waals surface area (Å²) in [5, 5.41) is 12.9. The number of allylic oxidation sites excluding steroid dienone is 1. The first kappa shape index (κ1) is 30.0. The van der Waals surface area contributed by atoms with Gasteiger partial charge in [0.25, 0.3) is 0 Å². The van der Waals surface area contributed by atoms with Crippen LogP contribution in [0.5, 0.6) is 0 Å². The molecule has 2 N–H and O–H groups in total. The number of carbonyl (C=O) groups excluding carboxylic acids is 4. The molecule has 10 nitrogen and oxygen atoms in total. The van der Waals surface area contributed by atoms with Crippen molar-refractivity contribution in [2.75, 3.05) is 26.2 Å². The van der Waals surface area contributed by atoms with Crippen molar-refractivity contribution in [1.29, 1.82) is 0 Å². The lowest BCUT2D eigenvalue weighted by atomic mass is 9.74. The van der Waals surface area contributed by atoms with Gasteiger partial charge >= 0.3 is 5.97 Å². The monoisotopic (exact) mass is 579 g/mol. The molecule has 7 atom stereocenters. The summed E-state index contributed by atoms with van der Waals surface area (Å²) in [6.45, 7) is 4.30. The van der Waals surface area contributed by atoms with Crippen LogP contribution in [0.3, 0.4) is 0 Å². The standard InChI is InChI=1S/C32H41N3O7/c1-3-4-10-17-34-18-11-6-9-14-24(37)33-21(2)27(22-12-7-5-8-13-22)41-31(40)25-23-15-16-32(42-23)26(25)29(38)35(19-20-36)28(32)30(34)39/h5-8,11-13,15-16,21,23,25-28,36H,3-4,9-10,14,17-20H2,1-2H3,(H,33,37)/b11-6-/t21-,23+,25-,26-,27+,28+,32-/m1/s1. The van der Waals surface area contributed by atoms with Crippen molar-refractivity contribution in [3.05, 3.63) is 60.2 Å². The molecule has 4 aliphatic rings. The highest BCUT2D eigenvalue weighted by Crippen LogP contribution is 2.55. The third-order valence-corrected chi connectivity index (χ3v) is 8.81. The minimum Gasteiger partial charge on any atom is -0.455 e. The van der Waals surface area contributed by atoms with Crippen molar-refractivity contribution < 1.29 is 33.8 Å². The van der Waals surface area contributed by atoms with Crippen LogP contribution < -0.4 is 5.32 Å². The molecular formula is C32H41N3O7. The number of benzene rings is 1. The van der Waals surface area contributed by atoms with Crippen LogP contribution in [0.1, 0.15) is 57.6 Å². The molecule has 4 aliphatic heterocycles. The Morgan fingerprint density at radius 2 is 1.83 bits per heavy atom. The van der Waals surface area contributed by atoms with Crippen LogP contribution in [0, 0.1) is 11.8 Å². The summed E-state index contributed by atoms with van der Waals surface area (Å²) >= 11 is 0. The number of hydrogen-bond donors (Lipinski definition) is 2. The van der Waals surface area contributed by atoms with Gasteiger partial charge in [0.1, 0.15) is 23.7 Å². The van der Waals surface area contributed by atoms with Crippen molar-refractivity contribution >= 4 is 23.7 Å². The van der Waals surface area contributed by atoms with Gasteiger partial charge in [0.15, 0.2) is 0 Å². The Balaban J connectivity index is 1.54. The van der Waals surface area contributed by atoms with E-state index in [0.717, 1.165) is 19.3 Å². The summed E-state index contributed by atoms with van der Waals surface area (Å²) in [6.07, 6.45) is 9.19.